The minimum Gasteiger partial charge on any atom is -0.472 e. The first-order valence-electron chi connectivity index (χ1n) is 9.35. The van der Waals surface area contributed by atoms with Crippen molar-refractivity contribution >= 4 is 5.91 Å². The lowest BCUT2D eigenvalue weighted by Gasteiger charge is -2.31. The van der Waals surface area contributed by atoms with Crippen LogP contribution in [0.2, 0.25) is 0 Å². The monoisotopic (exact) mass is 342 g/mol. The Labute approximate surface area is 148 Å². The van der Waals surface area contributed by atoms with Crippen molar-refractivity contribution in [3.63, 3.8) is 0 Å². The van der Waals surface area contributed by atoms with E-state index in [1.165, 1.54) is 12.0 Å². The molecule has 1 unspecified atom stereocenters. The van der Waals surface area contributed by atoms with Gasteiger partial charge in [0.1, 0.15) is 5.69 Å². The number of furan rings is 1. The van der Waals surface area contributed by atoms with Crippen LogP contribution in [0.1, 0.15) is 53.8 Å². The number of likely N-dealkylation sites (tertiary alicyclic amines) is 1. The number of carbonyl (C=O) groups is 1. The lowest BCUT2D eigenvalue weighted by atomic mass is 9.94. The Morgan fingerprint density at radius 2 is 2.20 bits per heavy atom. The summed E-state index contributed by atoms with van der Waals surface area (Å²) in [7, 11) is 0. The smallest absolute Gasteiger partial charge is 0.272 e. The fourth-order valence-electron chi connectivity index (χ4n) is 4.04. The van der Waals surface area contributed by atoms with E-state index in [-0.39, 0.29) is 5.91 Å². The zero-order valence-corrected chi connectivity index (χ0v) is 14.9. The Morgan fingerprint density at radius 1 is 1.28 bits per heavy atom. The molecule has 2 aromatic heterocycles. The summed E-state index contributed by atoms with van der Waals surface area (Å²) in [5.74, 6) is 0.535. The van der Waals surface area contributed by atoms with Gasteiger partial charge in [0.2, 0.25) is 0 Å². The van der Waals surface area contributed by atoms with Crippen molar-refractivity contribution in [2.75, 3.05) is 26.2 Å². The Balaban J connectivity index is 1.50. The molecule has 0 aromatic carbocycles. The number of carbonyl (C=O) groups excluding carboxylic acids is 1. The van der Waals surface area contributed by atoms with Crippen LogP contribution in [0.25, 0.3) is 0 Å². The highest BCUT2D eigenvalue weighted by Gasteiger charge is 2.28. The third-order valence-electron chi connectivity index (χ3n) is 5.39. The molecule has 6 nitrogen and oxygen atoms in total. The van der Waals surface area contributed by atoms with Crippen LogP contribution in [0.3, 0.4) is 0 Å². The largest absolute Gasteiger partial charge is 0.472 e. The van der Waals surface area contributed by atoms with Crippen molar-refractivity contribution in [3.8, 4) is 0 Å². The Kier molecular flexibility index (Phi) is 4.61. The molecular weight excluding hydrogens is 316 g/mol. The van der Waals surface area contributed by atoms with Gasteiger partial charge in [-0.2, -0.15) is 5.10 Å². The van der Waals surface area contributed by atoms with Crippen LogP contribution in [0, 0.1) is 0 Å². The van der Waals surface area contributed by atoms with E-state index in [1.807, 2.05) is 34.9 Å². The molecular formula is C19H26N4O2. The highest BCUT2D eigenvalue weighted by molar-refractivity contribution is 5.93. The summed E-state index contributed by atoms with van der Waals surface area (Å²) >= 11 is 0. The molecule has 2 aliphatic rings. The third kappa shape index (κ3) is 3.35. The van der Waals surface area contributed by atoms with Crippen LogP contribution in [-0.2, 0) is 13.1 Å². The van der Waals surface area contributed by atoms with E-state index in [0.717, 1.165) is 63.5 Å². The molecule has 0 aliphatic carbocycles. The number of fused-ring (bicyclic) bond motifs is 1. The van der Waals surface area contributed by atoms with Gasteiger partial charge in [0.25, 0.3) is 5.91 Å². The van der Waals surface area contributed by atoms with E-state index < -0.39 is 0 Å². The lowest BCUT2D eigenvalue weighted by molar-refractivity contribution is 0.0766. The average molecular weight is 342 g/mol. The number of rotatable bonds is 4. The maximum atomic E-state index is 12.7. The van der Waals surface area contributed by atoms with Crippen molar-refractivity contribution in [2.24, 2.45) is 0 Å². The molecule has 134 valence electrons. The summed E-state index contributed by atoms with van der Waals surface area (Å²) < 4.78 is 7.12. The average Bonchev–Trinajstić information content (AvgIpc) is 3.26. The van der Waals surface area contributed by atoms with Gasteiger partial charge in [-0.25, -0.2) is 0 Å². The van der Waals surface area contributed by atoms with Gasteiger partial charge in [0, 0.05) is 44.2 Å². The van der Waals surface area contributed by atoms with E-state index in [4.69, 9.17) is 9.52 Å². The van der Waals surface area contributed by atoms with E-state index in [1.54, 1.807) is 6.26 Å². The summed E-state index contributed by atoms with van der Waals surface area (Å²) in [5, 5.41) is 4.81. The molecule has 0 saturated carbocycles. The SMILES string of the molecule is CCN1CCCn2nc(C3CCCN(Cc4ccoc4)C3)cc2C1=O. The molecule has 1 fully saturated rings. The molecule has 2 aliphatic heterocycles. The van der Waals surface area contributed by atoms with Crippen molar-refractivity contribution < 1.29 is 9.21 Å². The van der Waals surface area contributed by atoms with Gasteiger partial charge in [-0.05, 0) is 44.9 Å². The highest BCUT2D eigenvalue weighted by Crippen LogP contribution is 2.28. The molecule has 0 bridgehead atoms. The van der Waals surface area contributed by atoms with Crippen LogP contribution in [0.5, 0.6) is 0 Å². The Morgan fingerprint density at radius 3 is 3.00 bits per heavy atom. The first kappa shape index (κ1) is 16.4. The van der Waals surface area contributed by atoms with E-state index in [9.17, 15) is 4.79 Å². The Hall–Kier alpha value is -2.08. The Bertz CT molecular complexity index is 722. The van der Waals surface area contributed by atoms with E-state index >= 15 is 0 Å². The van der Waals surface area contributed by atoms with Gasteiger partial charge in [0.15, 0.2) is 0 Å². The second-order valence-corrected chi connectivity index (χ2v) is 7.12. The van der Waals surface area contributed by atoms with Crippen LogP contribution < -0.4 is 0 Å². The quantitative estimate of drug-likeness (QED) is 0.857. The van der Waals surface area contributed by atoms with Crippen molar-refractivity contribution in [2.45, 2.75) is 45.2 Å². The number of amides is 1. The number of nitrogens with zero attached hydrogens (tertiary/aromatic N) is 4. The summed E-state index contributed by atoms with van der Waals surface area (Å²) in [6.45, 7) is 7.49. The summed E-state index contributed by atoms with van der Waals surface area (Å²) in [6, 6.07) is 4.07. The number of aryl methyl sites for hydroxylation is 1. The van der Waals surface area contributed by atoms with E-state index in [0.29, 0.717) is 5.92 Å². The molecule has 1 saturated heterocycles. The van der Waals surface area contributed by atoms with Crippen LogP contribution >= 0.6 is 0 Å². The van der Waals surface area contributed by atoms with Gasteiger partial charge in [-0.3, -0.25) is 14.4 Å². The highest BCUT2D eigenvalue weighted by atomic mass is 16.3. The molecule has 25 heavy (non-hydrogen) atoms. The zero-order chi connectivity index (χ0) is 17.2. The molecule has 4 heterocycles. The first-order valence-corrected chi connectivity index (χ1v) is 9.35. The predicted octanol–water partition coefficient (Wildman–Crippen LogP) is 2.72. The predicted molar refractivity (Wildman–Crippen MR) is 94.4 cm³/mol. The molecule has 0 spiro atoms. The van der Waals surface area contributed by atoms with Gasteiger partial charge in [-0.1, -0.05) is 0 Å². The maximum Gasteiger partial charge on any atom is 0.272 e. The first-order chi connectivity index (χ1) is 12.2. The molecule has 4 rings (SSSR count). The minimum atomic E-state index is 0.129. The number of piperidine rings is 1. The van der Waals surface area contributed by atoms with Gasteiger partial charge in [-0.15, -0.1) is 0 Å². The second kappa shape index (κ2) is 7.04. The van der Waals surface area contributed by atoms with E-state index in [2.05, 4.69) is 4.90 Å². The standard InChI is InChI=1S/C19H26N4O2/c1-2-22-8-4-9-23-18(19(22)24)11-17(20-23)16-5-3-7-21(13-16)12-15-6-10-25-14-15/h6,10-11,14,16H,2-5,7-9,12-13H2,1H3. The van der Waals surface area contributed by atoms with Gasteiger partial charge < -0.3 is 9.32 Å². The lowest BCUT2D eigenvalue weighted by Crippen LogP contribution is -2.34. The summed E-state index contributed by atoms with van der Waals surface area (Å²) in [5.41, 5.74) is 3.06. The molecule has 1 atom stereocenters. The molecule has 1 amide bonds. The fraction of sp³-hybridized carbons (Fsp3) is 0.579. The van der Waals surface area contributed by atoms with Gasteiger partial charge in [0.05, 0.1) is 18.2 Å². The second-order valence-electron chi connectivity index (χ2n) is 7.12. The summed E-state index contributed by atoms with van der Waals surface area (Å²) in [6.07, 6.45) is 6.84. The van der Waals surface area contributed by atoms with Crippen LogP contribution in [0.4, 0.5) is 0 Å². The summed E-state index contributed by atoms with van der Waals surface area (Å²) in [4.78, 5) is 17.1. The van der Waals surface area contributed by atoms with Crippen LogP contribution in [0.15, 0.2) is 29.1 Å². The normalized spacial score (nSPS) is 22.0. The molecule has 0 N–H and O–H groups in total. The minimum absolute atomic E-state index is 0.129. The maximum absolute atomic E-state index is 12.7. The third-order valence-corrected chi connectivity index (χ3v) is 5.39. The molecule has 6 heteroatoms. The fourth-order valence-corrected chi connectivity index (χ4v) is 4.04. The number of hydrogen-bond acceptors (Lipinski definition) is 4. The molecule has 2 aromatic rings. The van der Waals surface area contributed by atoms with Crippen LogP contribution in [-0.4, -0.2) is 51.7 Å². The van der Waals surface area contributed by atoms with Crippen molar-refractivity contribution in [1.29, 1.82) is 0 Å². The number of hydrogen-bond donors (Lipinski definition) is 0. The van der Waals surface area contributed by atoms with Gasteiger partial charge >= 0.3 is 0 Å². The van der Waals surface area contributed by atoms with Crippen molar-refractivity contribution in [1.82, 2.24) is 19.6 Å². The zero-order valence-electron chi connectivity index (χ0n) is 14.9. The topological polar surface area (TPSA) is 54.5 Å². The van der Waals surface area contributed by atoms with Crippen molar-refractivity contribution in [3.05, 3.63) is 41.6 Å². The molecule has 0 radical (unpaired) electrons. The number of aromatic nitrogens is 2.